The molecule has 0 spiro atoms. The first-order chi connectivity index (χ1) is 19.1. The number of amides is 1. The van der Waals surface area contributed by atoms with Gasteiger partial charge in [-0.25, -0.2) is 13.4 Å². The van der Waals surface area contributed by atoms with Crippen LogP contribution in [0.4, 0.5) is 5.13 Å². The predicted molar refractivity (Wildman–Crippen MR) is 165 cm³/mol. The fourth-order valence-corrected chi connectivity index (χ4v) is 7.42. The van der Waals surface area contributed by atoms with E-state index < -0.39 is 10.0 Å². The maximum atomic E-state index is 13.9. The highest BCUT2D eigenvalue weighted by Crippen LogP contribution is 2.37. The zero-order valence-electron chi connectivity index (χ0n) is 24.3. The largest absolute Gasteiger partial charge is 0.493 e. The molecule has 0 saturated carbocycles. The molecular weight excluding hydrogens is 588 g/mol. The van der Waals surface area contributed by atoms with Crippen molar-refractivity contribution in [1.29, 1.82) is 0 Å². The van der Waals surface area contributed by atoms with Crippen LogP contribution < -0.4 is 14.4 Å². The molecule has 1 amide bonds. The van der Waals surface area contributed by atoms with Gasteiger partial charge < -0.3 is 19.1 Å². The summed E-state index contributed by atoms with van der Waals surface area (Å²) in [5, 5.41) is 0.551. The Morgan fingerprint density at radius 1 is 1.02 bits per heavy atom. The first kappa shape index (κ1) is 33.0. The van der Waals surface area contributed by atoms with Crippen molar-refractivity contribution >= 4 is 55.0 Å². The minimum Gasteiger partial charge on any atom is -0.493 e. The summed E-state index contributed by atoms with van der Waals surface area (Å²) in [4.78, 5) is 22.7. The second kappa shape index (κ2) is 14.1. The standard InChI is InChI=1S/C28H38N4O6S2.ClH/c1-7-30(8-2)13-14-32(28-29-23-15-24(36-5)25(37-6)16-26(23)39-28)27(33)21-9-11-22(12-10-21)40(34,35)31-17-19(3)38-20(4)18-31;/h9-12,15-16,19-20H,7-8,13-14,17-18H2,1-6H3;1H. The van der Waals surface area contributed by atoms with Crippen LogP contribution in [0.15, 0.2) is 41.3 Å². The summed E-state index contributed by atoms with van der Waals surface area (Å²) in [7, 11) is -0.564. The highest BCUT2D eigenvalue weighted by Gasteiger charge is 2.32. The number of hydrogen-bond acceptors (Lipinski definition) is 9. The van der Waals surface area contributed by atoms with Gasteiger partial charge in [0.25, 0.3) is 5.91 Å². The van der Waals surface area contributed by atoms with Crippen molar-refractivity contribution in [1.82, 2.24) is 14.2 Å². The third-order valence-electron chi connectivity index (χ3n) is 7.02. The number of aromatic nitrogens is 1. The van der Waals surface area contributed by atoms with Gasteiger partial charge in [-0.3, -0.25) is 9.69 Å². The Hall–Kier alpha value is -2.48. The molecule has 41 heavy (non-hydrogen) atoms. The molecule has 2 atom stereocenters. The van der Waals surface area contributed by atoms with Crippen molar-refractivity contribution in [2.45, 2.75) is 44.8 Å². The molecule has 4 rings (SSSR count). The van der Waals surface area contributed by atoms with Gasteiger partial charge >= 0.3 is 0 Å². The van der Waals surface area contributed by atoms with E-state index >= 15 is 0 Å². The van der Waals surface area contributed by atoms with E-state index in [2.05, 4.69) is 18.7 Å². The van der Waals surface area contributed by atoms with Crippen LogP contribution in [0, 0.1) is 0 Å². The minimum absolute atomic E-state index is 0. The Bertz CT molecular complexity index is 1380. The van der Waals surface area contributed by atoms with Gasteiger partial charge in [-0.2, -0.15) is 4.31 Å². The molecule has 2 heterocycles. The number of benzene rings is 2. The summed E-state index contributed by atoms with van der Waals surface area (Å²) in [5.41, 5.74) is 1.09. The smallest absolute Gasteiger partial charge is 0.260 e. The van der Waals surface area contributed by atoms with Crippen molar-refractivity contribution in [3.05, 3.63) is 42.0 Å². The van der Waals surface area contributed by atoms with E-state index in [4.69, 9.17) is 19.2 Å². The fourth-order valence-electron chi connectivity index (χ4n) is 4.83. The van der Waals surface area contributed by atoms with Crippen molar-refractivity contribution in [3.8, 4) is 11.5 Å². The number of sulfonamides is 1. The molecule has 10 nitrogen and oxygen atoms in total. The van der Waals surface area contributed by atoms with E-state index in [1.54, 1.807) is 37.3 Å². The van der Waals surface area contributed by atoms with E-state index in [9.17, 15) is 13.2 Å². The molecule has 1 fully saturated rings. The van der Waals surface area contributed by atoms with Crippen molar-refractivity contribution < 1.29 is 27.4 Å². The van der Waals surface area contributed by atoms with E-state index in [0.29, 0.717) is 53.9 Å². The second-order valence-electron chi connectivity index (χ2n) is 9.76. The lowest BCUT2D eigenvalue weighted by atomic mass is 10.2. The summed E-state index contributed by atoms with van der Waals surface area (Å²) in [5.74, 6) is 0.906. The Labute approximate surface area is 252 Å². The molecule has 0 N–H and O–H groups in total. The fraction of sp³-hybridized carbons (Fsp3) is 0.500. The maximum Gasteiger partial charge on any atom is 0.260 e. The Balaban J connectivity index is 0.00000462. The third kappa shape index (κ3) is 7.30. The summed E-state index contributed by atoms with van der Waals surface area (Å²) >= 11 is 1.40. The summed E-state index contributed by atoms with van der Waals surface area (Å²) in [6.07, 6.45) is -0.375. The van der Waals surface area contributed by atoms with Crippen molar-refractivity contribution in [3.63, 3.8) is 0 Å². The molecule has 1 aliphatic heterocycles. The van der Waals surface area contributed by atoms with Gasteiger partial charge in [-0.05, 0) is 51.2 Å². The highest BCUT2D eigenvalue weighted by atomic mass is 35.5. The van der Waals surface area contributed by atoms with E-state index in [-0.39, 0.29) is 35.4 Å². The van der Waals surface area contributed by atoms with Crippen LogP contribution >= 0.6 is 23.7 Å². The number of rotatable bonds is 11. The number of nitrogens with zero attached hydrogens (tertiary/aromatic N) is 4. The van der Waals surface area contributed by atoms with Crippen molar-refractivity contribution in [2.24, 2.45) is 0 Å². The number of anilines is 1. The molecule has 226 valence electrons. The van der Waals surface area contributed by atoms with Crippen molar-refractivity contribution in [2.75, 3.05) is 58.4 Å². The lowest BCUT2D eigenvalue weighted by Crippen LogP contribution is -2.48. The maximum absolute atomic E-state index is 13.9. The van der Waals surface area contributed by atoms with E-state index in [1.807, 2.05) is 19.9 Å². The number of thiazole rings is 1. The topological polar surface area (TPSA) is 102 Å². The molecule has 0 radical (unpaired) electrons. The third-order valence-corrected chi connectivity index (χ3v) is 9.90. The number of likely N-dealkylation sites (N-methyl/N-ethyl adjacent to an activating group) is 1. The molecule has 13 heteroatoms. The number of fused-ring (bicyclic) bond motifs is 1. The van der Waals surface area contributed by atoms with Crippen LogP contribution in [0.2, 0.25) is 0 Å². The summed E-state index contributed by atoms with van der Waals surface area (Å²) < 4.78 is 45.5. The molecule has 2 aromatic carbocycles. The SMILES string of the molecule is CCN(CC)CCN(C(=O)c1ccc(S(=O)(=O)N2CC(C)OC(C)C2)cc1)c1nc2cc(OC)c(OC)cc2s1.Cl. The molecule has 0 bridgehead atoms. The quantitative estimate of drug-likeness (QED) is 0.306. The Kier molecular flexibility index (Phi) is 11.4. The van der Waals surface area contributed by atoms with Crippen LogP contribution in [-0.2, 0) is 14.8 Å². The van der Waals surface area contributed by atoms with Gasteiger partial charge in [0.15, 0.2) is 16.6 Å². The highest BCUT2D eigenvalue weighted by molar-refractivity contribution is 7.89. The Morgan fingerprint density at radius 3 is 2.17 bits per heavy atom. The summed E-state index contributed by atoms with van der Waals surface area (Å²) in [6.45, 7) is 11.3. The van der Waals surface area contributed by atoms with Gasteiger partial charge in [0.1, 0.15) is 0 Å². The number of methoxy groups -OCH3 is 2. The number of ether oxygens (including phenoxy) is 3. The van der Waals surface area contributed by atoms with Gasteiger partial charge in [0.2, 0.25) is 10.0 Å². The molecule has 0 aliphatic carbocycles. The first-order valence-corrected chi connectivity index (χ1v) is 15.7. The van der Waals surface area contributed by atoms with Gasteiger partial charge in [0, 0.05) is 43.9 Å². The normalized spacial score (nSPS) is 17.8. The zero-order chi connectivity index (χ0) is 29.0. The number of morpholine rings is 1. The molecular formula is C28H39ClN4O6S2. The van der Waals surface area contributed by atoms with Crippen LogP contribution in [0.3, 0.4) is 0 Å². The molecule has 1 saturated heterocycles. The Morgan fingerprint density at radius 2 is 1.61 bits per heavy atom. The minimum atomic E-state index is -3.71. The molecule has 3 aromatic rings. The lowest BCUT2D eigenvalue weighted by Gasteiger charge is -2.34. The van der Waals surface area contributed by atoms with Crippen LogP contribution in [0.5, 0.6) is 11.5 Å². The number of carbonyl (C=O) groups is 1. The number of hydrogen-bond donors (Lipinski definition) is 0. The molecule has 1 aromatic heterocycles. The van der Waals surface area contributed by atoms with E-state index in [0.717, 1.165) is 17.8 Å². The number of halogens is 1. The first-order valence-electron chi connectivity index (χ1n) is 13.4. The average molecular weight is 627 g/mol. The van der Waals surface area contributed by atoms with Gasteiger partial charge in [-0.1, -0.05) is 25.2 Å². The average Bonchev–Trinajstić information content (AvgIpc) is 3.36. The van der Waals surface area contributed by atoms with Crippen LogP contribution in [0.1, 0.15) is 38.1 Å². The molecule has 1 aliphatic rings. The monoisotopic (exact) mass is 626 g/mol. The zero-order valence-corrected chi connectivity index (χ0v) is 26.8. The van der Waals surface area contributed by atoms with Gasteiger partial charge in [0.05, 0.1) is 41.5 Å². The number of carbonyl (C=O) groups excluding carboxylic acids is 1. The predicted octanol–water partition coefficient (Wildman–Crippen LogP) is 4.52. The van der Waals surface area contributed by atoms with Crippen LogP contribution in [-0.4, -0.2) is 94.2 Å². The summed E-state index contributed by atoms with van der Waals surface area (Å²) in [6, 6.07) is 9.82. The van der Waals surface area contributed by atoms with Crippen LogP contribution in [0.25, 0.3) is 10.2 Å². The second-order valence-corrected chi connectivity index (χ2v) is 12.7. The molecule has 2 unspecified atom stereocenters. The lowest BCUT2D eigenvalue weighted by molar-refractivity contribution is -0.0440. The van der Waals surface area contributed by atoms with Gasteiger partial charge in [-0.15, -0.1) is 12.4 Å². The van der Waals surface area contributed by atoms with E-state index in [1.165, 1.54) is 27.8 Å².